The molecule has 44 heavy (non-hydrogen) atoms. The molecule has 0 atom stereocenters. The number of pyridine rings is 2. The summed E-state index contributed by atoms with van der Waals surface area (Å²) in [6.07, 6.45) is 4.96. The number of hydrogen-bond acceptors (Lipinski definition) is 10. The summed E-state index contributed by atoms with van der Waals surface area (Å²) < 4.78 is 2.06. The van der Waals surface area contributed by atoms with E-state index in [1.54, 1.807) is 6.20 Å². The highest BCUT2D eigenvalue weighted by Gasteiger charge is 2.21. The van der Waals surface area contributed by atoms with E-state index in [-0.39, 0.29) is 11.9 Å². The van der Waals surface area contributed by atoms with Gasteiger partial charge in [-0.2, -0.15) is 10.2 Å². The SMILES string of the molecule is N#Cc1ncnc(NC2CCN(Cc3ccc(-n4c(-c5cccnc5N)nc5ccc(-c6ccccc6)nc54)cc3)CC2)n1. The Kier molecular flexibility index (Phi) is 7.32. The van der Waals surface area contributed by atoms with E-state index in [2.05, 4.69) is 71.1 Å². The van der Waals surface area contributed by atoms with Gasteiger partial charge in [0.1, 0.15) is 23.7 Å². The average molecular weight is 580 g/mol. The number of nitrogen functional groups attached to an aromatic ring is 1. The molecular weight excluding hydrogens is 550 g/mol. The normalized spacial score (nSPS) is 14.0. The fourth-order valence-electron chi connectivity index (χ4n) is 5.61. The molecule has 0 saturated carbocycles. The Bertz CT molecular complexity index is 1950. The molecular formula is C33H29N11. The zero-order valence-electron chi connectivity index (χ0n) is 23.9. The molecule has 1 fully saturated rings. The van der Waals surface area contributed by atoms with Crippen molar-refractivity contribution in [2.24, 2.45) is 0 Å². The van der Waals surface area contributed by atoms with Crippen molar-refractivity contribution in [1.29, 1.82) is 5.26 Å². The van der Waals surface area contributed by atoms with Crippen molar-refractivity contribution >= 4 is 22.9 Å². The van der Waals surface area contributed by atoms with Gasteiger partial charge in [0.15, 0.2) is 11.5 Å². The molecule has 0 unspecified atom stereocenters. The number of likely N-dealkylation sites (tertiary alicyclic amines) is 1. The van der Waals surface area contributed by atoms with Crippen LogP contribution in [0, 0.1) is 11.3 Å². The highest BCUT2D eigenvalue weighted by atomic mass is 15.2. The number of aromatic nitrogens is 7. The second kappa shape index (κ2) is 11.9. The number of fused-ring (bicyclic) bond motifs is 1. The third kappa shape index (κ3) is 5.54. The minimum absolute atomic E-state index is 0.121. The summed E-state index contributed by atoms with van der Waals surface area (Å²) in [4.78, 5) is 28.9. The van der Waals surface area contributed by atoms with E-state index in [1.165, 1.54) is 11.9 Å². The Morgan fingerprint density at radius 1 is 0.864 bits per heavy atom. The second-order valence-corrected chi connectivity index (χ2v) is 10.7. The van der Waals surface area contributed by atoms with E-state index >= 15 is 0 Å². The number of imidazole rings is 1. The van der Waals surface area contributed by atoms with Gasteiger partial charge >= 0.3 is 0 Å². The zero-order valence-corrected chi connectivity index (χ0v) is 23.9. The van der Waals surface area contributed by atoms with Crippen LogP contribution in [0.3, 0.4) is 0 Å². The topological polar surface area (TPSA) is 147 Å². The number of anilines is 2. The molecule has 0 spiro atoms. The van der Waals surface area contributed by atoms with Crippen LogP contribution in [0.15, 0.2) is 91.4 Å². The van der Waals surface area contributed by atoms with E-state index in [0.29, 0.717) is 17.6 Å². The first kappa shape index (κ1) is 27.1. The minimum atomic E-state index is 0.121. The molecule has 11 heteroatoms. The zero-order chi connectivity index (χ0) is 29.9. The van der Waals surface area contributed by atoms with Crippen LogP contribution in [-0.2, 0) is 6.54 Å². The van der Waals surface area contributed by atoms with Crippen molar-refractivity contribution < 1.29 is 0 Å². The van der Waals surface area contributed by atoms with E-state index < -0.39 is 0 Å². The maximum atomic E-state index is 9.04. The van der Waals surface area contributed by atoms with Crippen molar-refractivity contribution in [3.63, 3.8) is 0 Å². The van der Waals surface area contributed by atoms with Gasteiger partial charge in [0, 0.05) is 43.1 Å². The minimum Gasteiger partial charge on any atom is -0.383 e. The summed E-state index contributed by atoms with van der Waals surface area (Å²) in [5.41, 5.74) is 12.7. The molecule has 1 aliphatic rings. The molecule has 0 aliphatic carbocycles. The quantitative estimate of drug-likeness (QED) is 0.269. The first-order valence-corrected chi connectivity index (χ1v) is 14.5. The van der Waals surface area contributed by atoms with Crippen LogP contribution in [0.5, 0.6) is 0 Å². The van der Waals surface area contributed by atoms with E-state index in [0.717, 1.165) is 66.1 Å². The van der Waals surface area contributed by atoms with Crippen molar-refractivity contribution in [3.05, 3.63) is 103 Å². The Morgan fingerprint density at radius 3 is 2.45 bits per heavy atom. The number of nitriles is 1. The maximum absolute atomic E-state index is 9.04. The predicted molar refractivity (Wildman–Crippen MR) is 168 cm³/mol. The molecule has 2 aromatic carbocycles. The molecule has 216 valence electrons. The van der Waals surface area contributed by atoms with Crippen molar-refractivity contribution in [1.82, 2.24) is 39.4 Å². The summed E-state index contributed by atoms with van der Waals surface area (Å²) in [6, 6.07) is 28.7. The highest BCUT2D eigenvalue weighted by molar-refractivity contribution is 5.84. The smallest absolute Gasteiger partial charge is 0.236 e. The molecule has 1 saturated heterocycles. The average Bonchev–Trinajstić information content (AvgIpc) is 3.45. The number of piperidine rings is 1. The van der Waals surface area contributed by atoms with Crippen LogP contribution in [0.25, 0.3) is 39.5 Å². The number of nitrogens with two attached hydrogens (primary N) is 1. The standard InChI is InChI=1S/C33H29N11/c34-19-29-37-21-38-33(42-29)39-24-14-17-43(18-15-24)20-22-8-10-25(11-9-22)44-31(26-7-4-16-36-30(26)35)41-28-13-12-27(40-32(28)44)23-5-2-1-3-6-23/h1-13,16,21,24H,14-15,17-18,20H2,(H2,35,36)(H,37,38,39,42). The molecule has 1 aliphatic heterocycles. The van der Waals surface area contributed by atoms with Crippen LogP contribution in [0.4, 0.5) is 11.8 Å². The second-order valence-electron chi connectivity index (χ2n) is 10.7. The Hall–Kier alpha value is -5.73. The lowest BCUT2D eigenvalue weighted by Gasteiger charge is -2.32. The third-order valence-corrected chi connectivity index (χ3v) is 7.85. The summed E-state index contributed by atoms with van der Waals surface area (Å²) in [7, 11) is 0. The van der Waals surface area contributed by atoms with Crippen LogP contribution in [0.2, 0.25) is 0 Å². The Morgan fingerprint density at radius 2 is 1.68 bits per heavy atom. The van der Waals surface area contributed by atoms with Gasteiger partial charge in [0.2, 0.25) is 11.8 Å². The summed E-state index contributed by atoms with van der Waals surface area (Å²) in [5.74, 6) is 1.69. The first-order valence-electron chi connectivity index (χ1n) is 14.5. The van der Waals surface area contributed by atoms with Gasteiger partial charge in [-0.3, -0.25) is 9.47 Å². The Labute approximate surface area is 254 Å². The molecule has 7 rings (SSSR count). The summed E-state index contributed by atoms with van der Waals surface area (Å²) in [6.45, 7) is 2.73. The molecule has 3 N–H and O–H groups in total. The first-order chi connectivity index (χ1) is 21.6. The van der Waals surface area contributed by atoms with Gasteiger partial charge in [0.05, 0.1) is 11.3 Å². The van der Waals surface area contributed by atoms with E-state index in [4.69, 9.17) is 21.0 Å². The lowest BCUT2D eigenvalue weighted by Crippen LogP contribution is -2.39. The maximum Gasteiger partial charge on any atom is 0.236 e. The number of benzene rings is 2. The van der Waals surface area contributed by atoms with Crippen molar-refractivity contribution in [3.8, 4) is 34.4 Å². The van der Waals surface area contributed by atoms with Gasteiger partial charge in [-0.1, -0.05) is 42.5 Å². The molecule has 0 radical (unpaired) electrons. The van der Waals surface area contributed by atoms with E-state index in [1.807, 2.05) is 48.5 Å². The van der Waals surface area contributed by atoms with Crippen molar-refractivity contribution in [2.75, 3.05) is 24.1 Å². The largest absolute Gasteiger partial charge is 0.383 e. The predicted octanol–water partition coefficient (Wildman–Crippen LogP) is 4.86. The number of nitrogens with zero attached hydrogens (tertiary/aromatic N) is 9. The third-order valence-electron chi connectivity index (χ3n) is 7.85. The Balaban J connectivity index is 1.13. The van der Waals surface area contributed by atoms with Crippen LogP contribution in [-0.4, -0.2) is 58.5 Å². The molecule has 0 amide bonds. The monoisotopic (exact) mass is 579 g/mol. The van der Waals surface area contributed by atoms with E-state index in [9.17, 15) is 0 Å². The molecule has 11 nitrogen and oxygen atoms in total. The highest BCUT2D eigenvalue weighted by Crippen LogP contribution is 2.32. The number of hydrogen-bond donors (Lipinski definition) is 2. The molecule has 0 bridgehead atoms. The van der Waals surface area contributed by atoms with Gasteiger partial charge in [0.25, 0.3) is 0 Å². The fraction of sp³-hybridized carbons (Fsp3) is 0.182. The van der Waals surface area contributed by atoms with Gasteiger partial charge < -0.3 is 11.1 Å². The lowest BCUT2D eigenvalue weighted by molar-refractivity contribution is 0.211. The van der Waals surface area contributed by atoms with Gasteiger partial charge in [-0.05, 0) is 54.8 Å². The van der Waals surface area contributed by atoms with Crippen LogP contribution in [0.1, 0.15) is 24.2 Å². The molecule has 4 aromatic heterocycles. The number of rotatable bonds is 7. The van der Waals surface area contributed by atoms with Crippen LogP contribution >= 0.6 is 0 Å². The summed E-state index contributed by atoms with van der Waals surface area (Å²) in [5, 5.41) is 12.4. The fourth-order valence-corrected chi connectivity index (χ4v) is 5.61. The van der Waals surface area contributed by atoms with Crippen molar-refractivity contribution in [2.45, 2.75) is 25.4 Å². The molecule has 5 heterocycles. The van der Waals surface area contributed by atoms with Gasteiger partial charge in [-0.15, -0.1) is 0 Å². The number of nitrogens with one attached hydrogen (secondary N) is 1. The van der Waals surface area contributed by atoms with Gasteiger partial charge in [-0.25, -0.2) is 24.9 Å². The molecule has 6 aromatic rings. The summed E-state index contributed by atoms with van der Waals surface area (Å²) >= 11 is 0. The lowest BCUT2D eigenvalue weighted by atomic mass is 10.0. The van der Waals surface area contributed by atoms with Crippen LogP contribution < -0.4 is 11.1 Å².